The molecule has 5 atom stereocenters. The van der Waals surface area contributed by atoms with E-state index in [1.54, 1.807) is 0 Å². The third kappa shape index (κ3) is 6.63. The maximum Gasteiger partial charge on any atom is 0.315 e. The molecular formula is C29H43Cl2N5O5. The van der Waals surface area contributed by atoms with E-state index in [0.717, 1.165) is 77.0 Å². The number of hydrogen-bond acceptors (Lipinski definition) is 5. The Hall–Kier alpha value is -2.07. The third-order valence-electron chi connectivity index (χ3n) is 10.2. The normalized spacial score (nSPS) is 29.4. The number of carbonyl (C=O) groups excluding carboxylic acids is 5. The van der Waals surface area contributed by atoms with Crippen LogP contribution in [-0.4, -0.2) is 69.5 Å². The second-order valence-electron chi connectivity index (χ2n) is 12.9. The van der Waals surface area contributed by atoms with Gasteiger partial charge < -0.3 is 26.6 Å². The van der Waals surface area contributed by atoms with Gasteiger partial charge in [0.15, 0.2) is 0 Å². The molecule has 2 unspecified atom stereocenters. The highest BCUT2D eigenvalue weighted by molar-refractivity contribution is 6.51. The Bertz CT molecular complexity index is 1040. The van der Waals surface area contributed by atoms with Crippen molar-refractivity contribution in [2.75, 3.05) is 6.54 Å². The van der Waals surface area contributed by atoms with Crippen LogP contribution in [-0.2, 0) is 19.2 Å². The van der Waals surface area contributed by atoms with E-state index in [4.69, 9.17) is 28.9 Å². The predicted molar refractivity (Wildman–Crippen MR) is 154 cm³/mol. The van der Waals surface area contributed by atoms with Crippen molar-refractivity contribution in [3.63, 3.8) is 0 Å². The standard InChI is InChI=1S/C29H43Cl2N5O5/c30-29(31)19-15-36(23(21(19)29)26(39)34-20(24(37)25(32)38)14-16-8-7-9-16)27(40)22(17-10-3-1-4-11-17)35-28(41)33-18-12-5-2-6-13-18/h16-23H,1-15H2,(H2,32,38)(H,34,39)(H2,33,35,41)/t19?,20?,21-,22-,23-/m0/s1. The second-order valence-corrected chi connectivity index (χ2v) is 14.3. The van der Waals surface area contributed by atoms with Gasteiger partial charge in [0.25, 0.3) is 5.91 Å². The van der Waals surface area contributed by atoms with Crippen LogP contribution in [0.25, 0.3) is 0 Å². The number of Topliss-reactive ketones (excluding diaryl/α,β-unsaturated/α-hetero) is 1. The fourth-order valence-corrected chi connectivity index (χ4v) is 8.32. The Kier molecular flexibility index (Phi) is 9.38. The fraction of sp³-hybridized carbons (Fsp3) is 0.828. The molecule has 5 rings (SSSR count). The van der Waals surface area contributed by atoms with E-state index >= 15 is 0 Å². The quantitative estimate of drug-likeness (QED) is 0.221. The number of nitrogens with zero attached hydrogens (tertiary/aromatic N) is 1. The molecule has 5 N–H and O–H groups in total. The predicted octanol–water partition coefficient (Wildman–Crippen LogP) is 2.93. The lowest BCUT2D eigenvalue weighted by Gasteiger charge is -2.37. The molecule has 4 saturated carbocycles. The maximum absolute atomic E-state index is 14.2. The molecule has 5 aliphatic rings. The molecule has 41 heavy (non-hydrogen) atoms. The van der Waals surface area contributed by atoms with Crippen LogP contribution in [0.4, 0.5) is 4.79 Å². The molecule has 0 aromatic heterocycles. The first-order chi connectivity index (χ1) is 19.6. The van der Waals surface area contributed by atoms with Crippen molar-refractivity contribution < 1.29 is 24.0 Å². The van der Waals surface area contributed by atoms with Crippen LogP contribution in [0.1, 0.15) is 89.9 Å². The number of hydrogen-bond donors (Lipinski definition) is 4. The third-order valence-corrected chi connectivity index (χ3v) is 11.2. The van der Waals surface area contributed by atoms with Crippen LogP contribution in [0, 0.1) is 23.7 Å². The van der Waals surface area contributed by atoms with Gasteiger partial charge in [-0.2, -0.15) is 0 Å². The molecule has 0 radical (unpaired) electrons. The van der Waals surface area contributed by atoms with Crippen molar-refractivity contribution in [1.29, 1.82) is 0 Å². The van der Waals surface area contributed by atoms with Crippen LogP contribution in [0.3, 0.4) is 0 Å². The van der Waals surface area contributed by atoms with E-state index < -0.39 is 46.0 Å². The first kappa shape index (κ1) is 30.4. The molecule has 10 nitrogen and oxygen atoms in total. The van der Waals surface area contributed by atoms with E-state index in [1.165, 1.54) is 11.3 Å². The molecule has 0 aromatic carbocycles. The molecule has 4 aliphatic carbocycles. The lowest BCUT2D eigenvalue weighted by molar-refractivity contribution is -0.144. The lowest BCUT2D eigenvalue weighted by atomic mass is 9.80. The molecule has 1 heterocycles. The molecule has 1 aliphatic heterocycles. The van der Waals surface area contributed by atoms with Gasteiger partial charge in [-0.1, -0.05) is 57.8 Å². The number of halogens is 2. The molecule has 0 spiro atoms. The Labute approximate surface area is 251 Å². The van der Waals surface area contributed by atoms with Crippen molar-refractivity contribution in [1.82, 2.24) is 20.9 Å². The number of amides is 5. The minimum absolute atomic E-state index is 0.0476. The molecule has 0 bridgehead atoms. The number of primary amides is 1. The van der Waals surface area contributed by atoms with Gasteiger partial charge in [-0.05, 0) is 43.9 Å². The Balaban J connectivity index is 1.33. The number of rotatable bonds is 10. The van der Waals surface area contributed by atoms with E-state index in [2.05, 4.69) is 16.0 Å². The minimum atomic E-state index is -1.16. The largest absolute Gasteiger partial charge is 0.363 e. The first-order valence-electron chi connectivity index (χ1n) is 15.5. The lowest BCUT2D eigenvalue weighted by Crippen LogP contribution is -2.61. The average molecular weight is 613 g/mol. The first-order valence-corrected chi connectivity index (χ1v) is 16.2. The van der Waals surface area contributed by atoms with Gasteiger partial charge >= 0.3 is 6.03 Å². The molecule has 5 fully saturated rings. The average Bonchev–Trinajstić information content (AvgIpc) is 3.25. The minimum Gasteiger partial charge on any atom is -0.363 e. The molecule has 12 heteroatoms. The van der Waals surface area contributed by atoms with Crippen LogP contribution >= 0.6 is 23.2 Å². The number of carbonyl (C=O) groups is 5. The van der Waals surface area contributed by atoms with Crippen LogP contribution in [0.15, 0.2) is 0 Å². The van der Waals surface area contributed by atoms with Gasteiger partial charge in [0.05, 0.1) is 6.04 Å². The fourth-order valence-electron chi connectivity index (χ4n) is 7.50. The summed E-state index contributed by atoms with van der Waals surface area (Å²) in [6.07, 6.45) is 13.0. The topological polar surface area (TPSA) is 151 Å². The number of fused-ring (bicyclic) bond motifs is 1. The van der Waals surface area contributed by atoms with Crippen molar-refractivity contribution in [3.05, 3.63) is 0 Å². The van der Waals surface area contributed by atoms with Crippen LogP contribution in [0.2, 0.25) is 0 Å². The number of nitrogens with two attached hydrogens (primary N) is 1. The SMILES string of the molecule is NC(=O)C(=O)C(CC1CCC1)NC(=O)[C@@H]1[C@@H]2C(CN1C(=O)[C@@H](NC(=O)NC1CCCCC1)C1CCCCC1)C2(Cl)Cl. The number of ketones is 1. The van der Waals surface area contributed by atoms with Gasteiger partial charge in [-0.15, -0.1) is 23.2 Å². The summed E-state index contributed by atoms with van der Waals surface area (Å²) in [6, 6.07) is -3.13. The monoisotopic (exact) mass is 611 g/mol. The number of nitrogens with one attached hydrogen (secondary N) is 3. The number of alkyl halides is 2. The summed E-state index contributed by atoms with van der Waals surface area (Å²) in [5, 5.41) is 8.77. The zero-order chi connectivity index (χ0) is 29.3. The van der Waals surface area contributed by atoms with Crippen molar-refractivity contribution in [2.45, 2.75) is 118 Å². The molecule has 5 amide bonds. The Morgan fingerprint density at radius 1 is 0.854 bits per heavy atom. The zero-order valence-corrected chi connectivity index (χ0v) is 25.1. The van der Waals surface area contributed by atoms with Crippen molar-refractivity contribution >= 4 is 52.7 Å². The summed E-state index contributed by atoms with van der Waals surface area (Å²) in [5.74, 6) is -3.48. The highest BCUT2D eigenvalue weighted by Gasteiger charge is 2.74. The summed E-state index contributed by atoms with van der Waals surface area (Å²) in [7, 11) is 0. The van der Waals surface area contributed by atoms with Gasteiger partial charge in [0.2, 0.25) is 17.6 Å². The molecule has 228 valence electrons. The van der Waals surface area contributed by atoms with E-state index in [0.29, 0.717) is 6.42 Å². The van der Waals surface area contributed by atoms with Crippen LogP contribution < -0.4 is 21.7 Å². The highest BCUT2D eigenvalue weighted by Crippen LogP contribution is 2.65. The number of piperidine rings is 1. The van der Waals surface area contributed by atoms with Gasteiger partial charge in [-0.3, -0.25) is 19.2 Å². The highest BCUT2D eigenvalue weighted by atomic mass is 35.5. The van der Waals surface area contributed by atoms with E-state index in [-0.39, 0.29) is 42.3 Å². The molecule has 0 aromatic rings. The van der Waals surface area contributed by atoms with E-state index in [1.807, 2.05) is 0 Å². The van der Waals surface area contributed by atoms with Gasteiger partial charge in [-0.25, -0.2) is 4.79 Å². The van der Waals surface area contributed by atoms with Gasteiger partial charge in [0.1, 0.15) is 16.4 Å². The maximum atomic E-state index is 14.2. The number of likely N-dealkylation sites (tertiary alicyclic amines) is 1. The number of urea groups is 1. The van der Waals surface area contributed by atoms with Crippen LogP contribution in [0.5, 0.6) is 0 Å². The summed E-state index contributed by atoms with van der Waals surface area (Å²) >= 11 is 13.1. The Morgan fingerprint density at radius 2 is 1.49 bits per heavy atom. The van der Waals surface area contributed by atoms with Gasteiger partial charge in [0, 0.05) is 24.4 Å². The second kappa shape index (κ2) is 12.7. The van der Waals surface area contributed by atoms with E-state index in [9.17, 15) is 24.0 Å². The summed E-state index contributed by atoms with van der Waals surface area (Å²) in [5.41, 5.74) is 5.30. The Morgan fingerprint density at radius 3 is 2.07 bits per heavy atom. The summed E-state index contributed by atoms with van der Waals surface area (Å²) in [4.78, 5) is 66.9. The van der Waals surface area contributed by atoms with Crippen molar-refractivity contribution in [3.8, 4) is 0 Å². The summed E-state index contributed by atoms with van der Waals surface area (Å²) in [6.45, 7) is 0.181. The smallest absolute Gasteiger partial charge is 0.315 e. The zero-order valence-electron chi connectivity index (χ0n) is 23.5. The molecule has 1 saturated heterocycles. The van der Waals surface area contributed by atoms with Crippen molar-refractivity contribution in [2.24, 2.45) is 29.4 Å². The summed E-state index contributed by atoms with van der Waals surface area (Å²) < 4.78 is -1.16. The molecular weight excluding hydrogens is 569 g/mol.